The van der Waals surface area contributed by atoms with Gasteiger partial charge in [-0.15, -0.1) is 21.5 Å². The molecule has 7 nitrogen and oxygen atoms in total. The normalized spacial score (nSPS) is 11.4. The fourth-order valence-electron chi connectivity index (χ4n) is 3.22. The van der Waals surface area contributed by atoms with Crippen LogP contribution < -0.4 is 5.56 Å². The molecule has 0 atom stereocenters. The van der Waals surface area contributed by atoms with Gasteiger partial charge in [0.05, 0.1) is 24.1 Å². The number of benzene rings is 1. The van der Waals surface area contributed by atoms with Gasteiger partial charge in [0.1, 0.15) is 5.76 Å². The summed E-state index contributed by atoms with van der Waals surface area (Å²) in [5.41, 5.74) is 2.72. The molecular weight excluding hydrogens is 418 g/mol. The van der Waals surface area contributed by atoms with Crippen LogP contribution in [0.15, 0.2) is 74.7 Å². The summed E-state index contributed by atoms with van der Waals surface area (Å²) in [7, 11) is 0. The van der Waals surface area contributed by atoms with Crippen LogP contribution in [-0.2, 0) is 12.3 Å². The second-order valence-corrected chi connectivity index (χ2v) is 8.51. The minimum absolute atomic E-state index is 0.0719. The molecule has 0 saturated carbocycles. The molecule has 0 aliphatic rings. The SMILES string of the molecule is Cc1occc1-c1nnc(SCc2cc(=O)n3ccsc3n2)n1Cc1ccccc1. The summed E-state index contributed by atoms with van der Waals surface area (Å²) < 4.78 is 9.11. The second kappa shape index (κ2) is 7.92. The number of hydrogen-bond acceptors (Lipinski definition) is 7. The fourth-order valence-corrected chi connectivity index (χ4v) is 4.79. The number of hydrogen-bond donors (Lipinski definition) is 0. The summed E-state index contributed by atoms with van der Waals surface area (Å²) in [5, 5.41) is 11.5. The van der Waals surface area contributed by atoms with Crippen molar-refractivity contribution in [3.05, 3.63) is 87.7 Å². The monoisotopic (exact) mass is 435 g/mol. The summed E-state index contributed by atoms with van der Waals surface area (Å²) in [4.78, 5) is 17.5. The quantitative estimate of drug-likeness (QED) is 0.371. The molecule has 1 aromatic carbocycles. The zero-order valence-electron chi connectivity index (χ0n) is 16.1. The summed E-state index contributed by atoms with van der Waals surface area (Å²) >= 11 is 2.96. The van der Waals surface area contributed by atoms with Crippen LogP contribution in [0, 0.1) is 6.92 Å². The van der Waals surface area contributed by atoms with E-state index < -0.39 is 0 Å². The average molecular weight is 436 g/mol. The molecule has 9 heteroatoms. The van der Waals surface area contributed by atoms with E-state index in [0.717, 1.165) is 33.6 Å². The molecule has 30 heavy (non-hydrogen) atoms. The number of thiazole rings is 1. The highest BCUT2D eigenvalue weighted by Gasteiger charge is 2.18. The molecule has 0 saturated heterocycles. The molecule has 0 aliphatic heterocycles. The predicted octanol–water partition coefficient (Wildman–Crippen LogP) is 4.26. The first kappa shape index (κ1) is 18.8. The van der Waals surface area contributed by atoms with Gasteiger partial charge in [0, 0.05) is 23.4 Å². The first-order valence-electron chi connectivity index (χ1n) is 9.29. The van der Waals surface area contributed by atoms with Crippen LogP contribution in [0.1, 0.15) is 17.0 Å². The molecule has 0 spiro atoms. The number of aryl methyl sites for hydroxylation is 1. The highest BCUT2D eigenvalue weighted by molar-refractivity contribution is 7.98. The van der Waals surface area contributed by atoms with Gasteiger partial charge in [-0.1, -0.05) is 42.1 Å². The van der Waals surface area contributed by atoms with Crippen LogP contribution in [0.25, 0.3) is 16.3 Å². The smallest absolute Gasteiger partial charge is 0.258 e. The van der Waals surface area contributed by atoms with E-state index >= 15 is 0 Å². The Labute approximate surface area is 180 Å². The molecule has 150 valence electrons. The number of aromatic nitrogens is 5. The molecule has 5 rings (SSSR count). The molecule has 0 N–H and O–H groups in total. The van der Waals surface area contributed by atoms with Crippen LogP contribution in [0.3, 0.4) is 0 Å². The average Bonchev–Trinajstić information content (AvgIpc) is 3.47. The third kappa shape index (κ3) is 3.57. The number of nitrogens with zero attached hydrogens (tertiary/aromatic N) is 5. The molecule has 4 heterocycles. The lowest BCUT2D eigenvalue weighted by atomic mass is 10.2. The molecule has 0 amide bonds. The molecule has 0 aliphatic carbocycles. The number of rotatable bonds is 6. The third-order valence-electron chi connectivity index (χ3n) is 4.71. The van der Waals surface area contributed by atoms with Crippen molar-refractivity contribution in [2.24, 2.45) is 0 Å². The first-order chi connectivity index (χ1) is 14.7. The van der Waals surface area contributed by atoms with E-state index in [1.165, 1.54) is 23.1 Å². The van der Waals surface area contributed by atoms with Crippen LogP contribution in [0.2, 0.25) is 0 Å². The highest BCUT2D eigenvalue weighted by atomic mass is 32.2. The summed E-state index contributed by atoms with van der Waals surface area (Å²) in [6.45, 7) is 2.55. The largest absolute Gasteiger partial charge is 0.469 e. The molecule has 0 fully saturated rings. The lowest BCUT2D eigenvalue weighted by molar-refractivity contribution is 0.534. The van der Waals surface area contributed by atoms with E-state index in [9.17, 15) is 4.79 Å². The fraction of sp³-hybridized carbons (Fsp3) is 0.143. The zero-order chi connectivity index (χ0) is 20.5. The van der Waals surface area contributed by atoms with Crippen molar-refractivity contribution in [2.75, 3.05) is 0 Å². The summed E-state index contributed by atoms with van der Waals surface area (Å²) in [6, 6.07) is 13.7. The second-order valence-electron chi connectivity index (χ2n) is 6.70. The van der Waals surface area contributed by atoms with E-state index in [4.69, 9.17) is 4.42 Å². The topological polar surface area (TPSA) is 78.2 Å². The Hall–Kier alpha value is -3.17. The van der Waals surface area contributed by atoms with Crippen molar-refractivity contribution in [3.63, 3.8) is 0 Å². The lowest BCUT2D eigenvalue weighted by Gasteiger charge is -2.10. The van der Waals surface area contributed by atoms with E-state index in [0.29, 0.717) is 17.3 Å². The van der Waals surface area contributed by atoms with Crippen molar-refractivity contribution in [2.45, 2.75) is 24.4 Å². The number of thioether (sulfide) groups is 1. The lowest BCUT2D eigenvalue weighted by Crippen LogP contribution is -2.12. The van der Waals surface area contributed by atoms with Crippen LogP contribution in [-0.4, -0.2) is 24.1 Å². The Morgan fingerprint density at radius 2 is 2.03 bits per heavy atom. The number of fused-ring (bicyclic) bond motifs is 1. The molecule has 0 unspecified atom stereocenters. The van der Waals surface area contributed by atoms with Gasteiger partial charge in [-0.05, 0) is 18.6 Å². The van der Waals surface area contributed by atoms with Crippen molar-refractivity contribution in [1.82, 2.24) is 24.1 Å². The number of furan rings is 1. The predicted molar refractivity (Wildman–Crippen MR) is 117 cm³/mol. The maximum atomic E-state index is 12.3. The summed E-state index contributed by atoms with van der Waals surface area (Å²) in [6.07, 6.45) is 3.40. The Morgan fingerprint density at radius 3 is 2.83 bits per heavy atom. The van der Waals surface area contributed by atoms with Gasteiger partial charge in [0.15, 0.2) is 15.9 Å². The summed E-state index contributed by atoms with van der Waals surface area (Å²) in [5.74, 6) is 2.08. The van der Waals surface area contributed by atoms with Crippen molar-refractivity contribution < 1.29 is 4.42 Å². The third-order valence-corrected chi connectivity index (χ3v) is 6.46. The first-order valence-corrected chi connectivity index (χ1v) is 11.2. The Bertz CT molecular complexity index is 1370. The van der Waals surface area contributed by atoms with Gasteiger partial charge in [-0.25, -0.2) is 4.98 Å². The van der Waals surface area contributed by atoms with Gasteiger partial charge in [-0.2, -0.15) is 0 Å². The minimum atomic E-state index is -0.0719. The van der Waals surface area contributed by atoms with Crippen LogP contribution >= 0.6 is 23.1 Å². The molecule has 4 aromatic heterocycles. The van der Waals surface area contributed by atoms with Gasteiger partial charge in [0.25, 0.3) is 5.56 Å². The van der Waals surface area contributed by atoms with E-state index in [-0.39, 0.29) is 5.56 Å². The van der Waals surface area contributed by atoms with Crippen molar-refractivity contribution in [3.8, 4) is 11.4 Å². The van der Waals surface area contributed by atoms with Gasteiger partial charge >= 0.3 is 0 Å². The Kier molecular flexibility index (Phi) is 4.97. The Morgan fingerprint density at radius 1 is 1.17 bits per heavy atom. The van der Waals surface area contributed by atoms with E-state index in [1.54, 1.807) is 22.9 Å². The molecule has 0 radical (unpaired) electrons. The van der Waals surface area contributed by atoms with Crippen LogP contribution in [0.4, 0.5) is 0 Å². The highest BCUT2D eigenvalue weighted by Crippen LogP contribution is 2.29. The van der Waals surface area contributed by atoms with Crippen molar-refractivity contribution >= 4 is 28.1 Å². The standard InChI is InChI=1S/C21H17N5O2S2/c1-14-17(7-9-28-14)19-23-24-21(26(19)12-15-5-3-2-4-6-15)30-13-16-11-18(27)25-8-10-29-20(25)22-16/h2-11H,12-13H2,1H3. The van der Waals surface area contributed by atoms with E-state index in [1.807, 2.05) is 36.6 Å². The minimum Gasteiger partial charge on any atom is -0.469 e. The van der Waals surface area contributed by atoms with Gasteiger partial charge in [0.2, 0.25) is 0 Å². The molecule has 0 bridgehead atoms. The van der Waals surface area contributed by atoms with E-state index in [2.05, 4.69) is 31.9 Å². The van der Waals surface area contributed by atoms with Gasteiger partial charge < -0.3 is 4.42 Å². The Balaban J connectivity index is 1.48. The van der Waals surface area contributed by atoms with Crippen LogP contribution in [0.5, 0.6) is 0 Å². The van der Waals surface area contributed by atoms with Gasteiger partial charge in [-0.3, -0.25) is 13.8 Å². The van der Waals surface area contributed by atoms with Crippen molar-refractivity contribution in [1.29, 1.82) is 0 Å². The molecule has 5 aromatic rings. The maximum Gasteiger partial charge on any atom is 0.258 e. The molecular formula is C21H17N5O2S2. The zero-order valence-corrected chi connectivity index (χ0v) is 17.7. The maximum absolute atomic E-state index is 12.3.